The first-order valence-electron chi connectivity index (χ1n) is 8.90. The maximum Gasteiger partial charge on any atom is 0.220 e. The van der Waals surface area contributed by atoms with Crippen LogP contribution < -0.4 is 4.74 Å². The van der Waals surface area contributed by atoms with E-state index >= 15 is 0 Å². The van der Waals surface area contributed by atoms with E-state index in [0.717, 1.165) is 19.3 Å². The Balaban J connectivity index is 2.12. The number of nitrogens with zero attached hydrogens (tertiary/aromatic N) is 3. The number of aromatic hydroxyl groups is 1. The number of aromatic nitrogens is 2. The second-order valence-corrected chi connectivity index (χ2v) is 9.46. The molecule has 1 aliphatic heterocycles. The summed E-state index contributed by atoms with van der Waals surface area (Å²) in [6, 6.07) is 3.07. The lowest BCUT2D eigenvalue weighted by atomic mass is 10.0. The van der Waals surface area contributed by atoms with Gasteiger partial charge in [-0.1, -0.05) is 30.7 Å². The second kappa shape index (κ2) is 8.36. The van der Waals surface area contributed by atoms with Crippen molar-refractivity contribution >= 4 is 32.8 Å². The zero-order valence-electron chi connectivity index (χ0n) is 15.6. The predicted octanol–water partition coefficient (Wildman–Crippen LogP) is 3.86. The summed E-state index contributed by atoms with van der Waals surface area (Å²) in [5.74, 6) is 0.563. The molecular formula is C19H22ClN3O4S. The first-order chi connectivity index (χ1) is 13.4. The van der Waals surface area contributed by atoms with Gasteiger partial charge in [0, 0.05) is 24.1 Å². The predicted molar refractivity (Wildman–Crippen MR) is 109 cm³/mol. The van der Waals surface area contributed by atoms with Crippen LogP contribution in [0.1, 0.15) is 35.2 Å². The van der Waals surface area contributed by atoms with Crippen molar-refractivity contribution in [1.29, 1.82) is 0 Å². The van der Waals surface area contributed by atoms with Crippen LogP contribution in [0, 0.1) is 0 Å². The number of hydrogen-bond donors (Lipinski definition) is 1. The van der Waals surface area contributed by atoms with E-state index in [1.54, 1.807) is 12.1 Å². The van der Waals surface area contributed by atoms with E-state index in [2.05, 4.69) is 16.0 Å². The molecule has 28 heavy (non-hydrogen) atoms. The minimum Gasteiger partial charge on any atom is -0.493 e. The number of carbonyl (C=O) groups is 1. The Hall–Kier alpha value is -2.32. The SMILES string of the molecule is C=CCOc1ccc(C(=O)c2cnn(C)c2O)c(Cl)c1N=S1(=O)CCCCC1. The quantitative estimate of drug-likeness (QED) is 0.562. The summed E-state index contributed by atoms with van der Waals surface area (Å²) in [5, 5.41) is 14.0. The Bertz CT molecular complexity index is 1030. The smallest absolute Gasteiger partial charge is 0.220 e. The molecule has 2 heterocycles. The number of rotatable bonds is 6. The van der Waals surface area contributed by atoms with Crippen LogP contribution in [-0.4, -0.2) is 43.0 Å². The van der Waals surface area contributed by atoms with E-state index < -0.39 is 15.5 Å². The standard InChI is InChI=1S/C19H22ClN3O4S/c1-3-9-27-15-8-7-13(18(24)14-12-21-23(2)19(14)25)16(20)17(15)22-28(26)10-5-4-6-11-28/h3,7-8,12,25H,1,4-6,9-11H2,2H3. The average Bonchev–Trinajstić information content (AvgIpc) is 3.01. The van der Waals surface area contributed by atoms with Gasteiger partial charge >= 0.3 is 0 Å². The van der Waals surface area contributed by atoms with Crippen LogP contribution in [0.3, 0.4) is 0 Å². The van der Waals surface area contributed by atoms with E-state index in [1.807, 2.05) is 0 Å². The molecular weight excluding hydrogens is 402 g/mol. The number of aryl methyl sites for hydroxylation is 1. The van der Waals surface area contributed by atoms with E-state index in [-0.39, 0.29) is 34.3 Å². The Morgan fingerprint density at radius 2 is 2.11 bits per heavy atom. The number of ether oxygens (including phenoxy) is 1. The van der Waals surface area contributed by atoms with Crippen molar-refractivity contribution in [3.05, 3.63) is 47.1 Å². The highest BCUT2D eigenvalue weighted by molar-refractivity contribution is 7.93. The van der Waals surface area contributed by atoms with Gasteiger partial charge in [0.15, 0.2) is 0 Å². The van der Waals surface area contributed by atoms with Crippen molar-refractivity contribution in [2.45, 2.75) is 19.3 Å². The zero-order valence-corrected chi connectivity index (χ0v) is 17.1. The number of carbonyl (C=O) groups excluding carboxylic acids is 1. The maximum absolute atomic E-state index is 13.1. The summed E-state index contributed by atoms with van der Waals surface area (Å²) in [6.45, 7) is 3.84. The maximum atomic E-state index is 13.1. The molecule has 2 aromatic rings. The van der Waals surface area contributed by atoms with Crippen LogP contribution in [0.2, 0.25) is 5.02 Å². The first-order valence-corrected chi connectivity index (χ1v) is 11.1. The largest absolute Gasteiger partial charge is 0.493 e. The van der Waals surface area contributed by atoms with E-state index in [0.29, 0.717) is 17.3 Å². The minimum atomic E-state index is -2.47. The van der Waals surface area contributed by atoms with Gasteiger partial charge in [0.1, 0.15) is 23.6 Å². The molecule has 1 aromatic carbocycles. The van der Waals surface area contributed by atoms with Crippen molar-refractivity contribution in [2.24, 2.45) is 11.4 Å². The molecule has 0 spiro atoms. The summed E-state index contributed by atoms with van der Waals surface area (Å²) in [5.41, 5.74) is 0.357. The van der Waals surface area contributed by atoms with Crippen LogP contribution in [0.5, 0.6) is 11.6 Å². The fraction of sp³-hybridized carbons (Fsp3) is 0.368. The normalized spacial score (nSPS) is 15.8. The summed E-state index contributed by atoms with van der Waals surface area (Å²) in [4.78, 5) is 12.9. The van der Waals surface area contributed by atoms with Crippen molar-refractivity contribution in [3.8, 4) is 11.6 Å². The van der Waals surface area contributed by atoms with Crippen LogP contribution in [0.25, 0.3) is 0 Å². The van der Waals surface area contributed by atoms with E-state index in [4.69, 9.17) is 16.3 Å². The van der Waals surface area contributed by atoms with Gasteiger partial charge in [-0.15, -0.1) is 0 Å². The molecule has 3 rings (SSSR count). The molecule has 1 fully saturated rings. The lowest BCUT2D eigenvalue weighted by Crippen LogP contribution is -2.16. The van der Waals surface area contributed by atoms with Crippen LogP contribution >= 0.6 is 11.6 Å². The highest BCUT2D eigenvalue weighted by atomic mass is 35.5. The molecule has 7 nitrogen and oxygen atoms in total. The molecule has 0 amide bonds. The number of ketones is 1. The monoisotopic (exact) mass is 423 g/mol. The fourth-order valence-corrected chi connectivity index (χ4v) is 5.55. The molecule has 150 valence electrons. The highest BCUT2D eigenvalue weighted by Gasteiger charge is 2.24. The molecule has 0 atom stereocenters. The fourth-order valence-electron chi connectivity index (χ4n) is 3.00. The highest BCUT2D eigenvalue weighted by Crippen LogP contribution is 2.40. The number of benzene rings is 1. The Kier molecular flexibility index (Phi) is 6.10. The van der Waals surface area contributed by atoms with Crippen molar-refractivity contribution < 1.29 is 18.8 Å². The Labute approximate surface area is 169 Å². The molecule has 1 aromatic heterocycles. The van der Waals surface area contributed by atoms with E-state index in [9.17, 15) is 14.1 Å². The topological polar surface area (TPSA) is 93.8 Å². The third-order valence-corrected chi connectivity index (χ3v) is 7.27. The molecule has 1 saturated heterocycles. The van der Waals surface area contributed by atoms with Gasteiger partial charge in [-0.2, -0.15) is 9.46 Å². The molecule has 0 aliphatic carbocycles. The summed E-state index contributed by atoms with van der Waals surface area (Å²) >= 11 is 6.52. The molecule has 0 radical (unpaired) electrons. The summed E-state index contributed by atoms with van der Waals surface area (Å²) in [7, 11) is -0.945. The van der Waals surface area contributed by atoms with E-state index in [1.165, 1.54) is 24.0 Å². The minimum absolute atomic E-state index is 0.0250. The summed E-state index contributed by atoms with van der Waals surface area (Å²) in [6.07, 6.45) is 5.55. The average molecular weight is 424 g/mol. The third kappa shape index (κ3) is 4.07. The van der Waals surface area contributed by atoms with Gasteiger partial charge in [-0.3, -0.25) is 4.79 Å². The molecule has 0 saturated carbocycles. The van der Waals surface area contributed by atoms with Gasteiger partial charge in [-0.05, 0) is 25.0 Å². The molecule has 1 aliphatic rings. The molecule has 9 heteroatoms. The van der Waals surface area contributed by atoms with Crippen LogP contribution in [0.4, 0.5) is 5.69 Å². The molecule has 0 unspecified atom stereocenters. The lowest BCUT2D eigenvalue weighted by molar-refractivity contribution is 0.103. The number of halogens is 1. The third-order valence-electron chi connectivity index (χ3n) is 4.52. The van der Waals surface area contributed by atoms with Gasteiger partial charge in [0.05, 0.1) is 20.9 Å². The van der Waals surface area contributed by atoms with Gasteiger partial charge < -0.3 is 9.84 Å². The second-order valence-electron chi connectivity index (χ2n) is 6.54. The molecule has 1 N–H and O–H groups in total. The Morgan fingerprint density at radius 3 is 2.71 bits per heavy atom. The lowest BCUT2D eigenvalue weighted by Gasteiger charge is -2.17. The molecule has 0 bridgehead atoms. The zero-order chi connectivity index (χ0) is 20.3. The Morgan fingerprint density at radius 1 is 1.39 bits per heavy atom. The van der Waals surface area contributed by atoms with Crippen LogP contribution in [0.15, 0.2) is 35.3 Å². The van der Waals surface area contributed by atoms with Gasteiger partial charge in [0.2, 0.25) is 11.7 Å². The van der Waals surface area contributed by atoms with Crippen molar-refractivity contribution in [3.63, 3.8) is 0 Å². The van der Waals surface area contributed by atoms with Gasteiger partial charge in [0.25, 0.3) is 0 Å². The first kappa shape index (κ1) is 20.4. The number of hydrogen-bond acceptors (Lipinski definition) is 6. The summed E-state index contributed by atoms with van der Waals surface area (Å²) < 4.78 is 24.4. The van der Waals surface area contributed by atoms with Crippen LogP contribution in [-0.2, 0) is 16.8 Å². The van der Waals surface area contributed by atoms with Gasteiger partial charge in [-0.25, -0.2) is 8.89 Å². The van der Waals surface area contributed by atoms with Crippen molar-refractivity contribution in [2.75, 3.05) is 18.1 Å². The van der Waals surface area contributed by atoms with Crippen molar-refractivity contribution in [1.82, 2.24) is 9.78 Å².